The predicted octanol–water partition coefficient (Wildman–Crippen LogP) is 6.68. The summed E-state index contributed by atoms with van der Waals surface area (Å²) in [6.07, 6.45) is 0. The lowest BCUT2D eigenvalue weighted by Gasteiger charge is -2.28. The summed E-state index contributed by atoms with van der Waals surface area (Å²) in [5.74, 6) is 0.451. The summed E-state index contributed by atoms with van der Waals surface area (Å²) in [6.45, 7) is 15.5. The Labute approximate surface area is 220 Å². The van der Waals surface area contributed by atoms with Crippen molar-refractivity contribution in [1.82, 2.24) is 0 Å². The average molecular weight is 513 g/mol. The van der Waals surface area contributed by atoms with Crippen molar-refractivity contribution in [2.75, 3.05) is 0 Å². The molecule has 1 N–H and O–H groups in total. The van der Waals surface area contributed by atoms with Gasteiger partial charge in [0.05, 0.1) is 0 Å². The lowest BCUT2D eigenvalue weighted by molar-refractivity contribution is 0.449. The van der Waals surface area contributed by atoms with Crippen molar-refractivity contribution in [2.45, 2.75) is 59.3 Å². The van der Waals surface area contributed by atoms with Gasteiger partial charge >= 0.3 is 0 Å². The van der Waals surface area contributed by atoms with E-state index in [1.807, 2.05) is 0 Å². The van der Waals surface area contributed by atoms with Crippen molar-refractivity contribution < 1.29 is 5.11 Å². The molecule has 0 saturated heterocycles. The highest BCUT2D eigenvalue weighted by molar-refractivity contribution is 7.81. The van der Waals surface area contributed by atoms with Crippen LogP contribution in [0.25, 0.3) is 0 Å². The largest absolute Gasteiger partial charge is 0.507 e. The Morgan fingerprint density at radius 1 is 0.667 bits per heavy atom. The summed E-state index contributed by atoms with van der Waals surface area (Å²) in [4.78, 5) is 0. The van der Waals surface area contributed by atoms with Gasteiger partial charge in [-0.1, -0.05) is 135 Å². The SMILES string of the molecule is Cc1cccc(P(c2ccccc2)c2ccccc2)c1Pc1cc(C(C)(C)C)cc(C(C)(C)C)c1O. The van der Waals surface area contributed by atoms with Gasteiger partial charge in [-0.25, -0.2) is 0 Å². The van der Waals surface area contributed by atoms with E-state index in [0.29, 0.717) is 14.3 Å². The molecule has 36 heavy (non-hydrogen) atoms. The van der Waals surface area contributed by atoms with Crippen molar-refractivity contribution in [3.8, 4) is 5.75 Å². The Hall–Kier alpha value is -2.46. The van der Waals surface area contributed by atoms with Gasteiger partial charge in [0.15, 0.2) is 0 Å². The molecular formula is C33H38OP2. The molecule has 0 spiro atoms. The van der Waals surface area contributed by atoms with Gasteiger partial charge in [0.2, 0.25) is 0 Å². The molecule has 186 valence electrons. The minimum atomic E-state index is -0.724. The van der Waals surface area contributed by atoms with Crippen LogP contribution in [-0.2, 0) is 10.8 Å². The number of hydrogen-bond acceptors (Lipinski definition) is 1. The van der Waals surface area contributed by atoms with Crippen molar-refractivity contribution in [3.63, 3.8) is 0 Å². The zero-order chi connectivity index (χ0) is 26.1. The molecule has 3 heteroatoms. The van der Waals surface area contributed by atoms with E-state index in [9.17, 15) is 5.11 Å². The molecule has 0 aliphatic heterocycles. The van der Waals surface area contributed by atoms with Gasteiger partial charge in [0.1, 0.15) is 5.75 Å². The van der Waals surface area contributed by atoms with Crippen molar-refractivity contribution in [1.29, 1.82) is 0 Å². The summed E-state index contributed by atoms with van der Waals surface area (Å²) in [7, 11) is -0.351. The Kier molecular flexibility index (Phi) is 7.75. The first-order valence-electron chi connectivity index (χ1n) is 12.6. The minimum absolute atomic E-state index is 0.00217. The van der Waals surface area contributed by atoms with Gasteiger partial charge in [-0.05, 0) is 64.1 Å². The second kappa shape index (κ2) is 10.5. The van der Waals surface area contributed by atoms with E-state index >= 15 is 0 Å². The third-order valence-electron chi connectivity index (χ3n) is 6.56. The molecule has 0 aromatic heterocycles. The normalized spacial score (nSPS) is 12.6. The molecule has 1 unspecified atom stereocenters. The quantitative estimate of drug-likeness (QED) is 0.296. The van der Waals surface area contributed by atoms with E-state index in [2.05, 4.69) is 139 Å². The maximum absolute atomic E-state index is 11.5. The van der Waals surface area contributed by atoms with Crippen LogP contribution in [0.15, 0.2) is 91.0 Å². The van der Waals surface area contributed by atoms with Gasteiger partial charge in [0, 0.05) is 10.9 Å². The molecule has 0 radical (unpaired) electrons. The van der Waals surface area contributed by atoms with E-state index in [0.717, 1.165) is 10.9 Å². The fraction of sp³-hybridized carbons (Fsp3) is 0.273. The molecule has 0 amide bonds. The molecule has 0 heterocycles. The molecular weight excluding hydrogens is 474 g/mol. The zero-order valence-electron chi connectivity index (χ0n) is 22.6. The molecule has 1 atom stereocenters. The van der Waals surface area contributed by atoms with Crippen LogP contribution in [0.2, 0.25) is 0 Å². The van der Waals surface area contributed by atoms with Gasteiger partial charge in [-0.3, -0.25) is 0 Å². The first kappa shape index (κ1) is 26.6. The number of aromatic hydroxyl groups is 1. The van der Waals surface area contributed by atoms with Gasteiger partial charge < -0.3 is 5.11 Å². The molecule has 4 aromatic rings. The van der Waals surface area contributed by atoms with Crippen LogP contribution >= 0.6 is 16.5 Å². The standard InChI is InChI=1S/C33H38OP2/c1-23-15-14-20-29(36(25-16-10-8-11-17-25)26-18-12-9-13-19-26)31(23)35-28-22-24(32(2,3)4)21-27(30(28)34)33(5,6)7/h8-22,34-35H,1-7H3. The highest BCUT2D eigenvalue weighted by Crippen LogP contribution is 2.38. The topological polar surface area (TPSA) is 20.2 Å². The van der Waals surface area contributed by atoms with Crippen LogP contribution in [0.4, 0.5) is 0 Å². The molecule has 0 aliphatic carbocycles. The summed E-state index contributed by atoms with van der Waals surface area (Å²) >= 11 is 0. The van der Waals surface area contributed by atoms with E-state index in [1.54, 1.807) is 0 Å². The van der Waals surface area contributed by atoms with Crippen LogP contribution in [-0.4, -0.2) is 5.11 Å². The second-order valence-corrected chi connectivity index (χ2v) is 15.0. The highest BCUT2D eigenvalue weighted by atomic mass is 31.1. The Bertz CT molecular complexity index is 1290. The average Bonchev–Trinajstić information content (AvgIpc) is 2.82. The zero-order valence-corrected chi connectivity index (χ0v) is 24.4. The predicted molar refractivity (Wildman–Crippen MR) is 163 cm³/mol. The number of phenols is 1. The number of rotatable bonds is 5. The lowest BCUT2D eigenvalue weighted by atomic mass is 9.80. The Morgan fingerprint density at radius 2 is 1.22 bits per heavy atom. The molecule has 0 saturated carbocycles. The molecule has 0 bridgehead atoms. The van der Waals surface area contributed by atoms with Crippen molar-refractivity contribution >= 4 is 43.0 Å². The molecule has 0 aliphatic rings. The molecule has 4 aromatic carbocycles. The monoisotopic (exact) mass is 512 g/mol. The highest BCUT2D eigenvalue weighted by Gasteiger charge is 2.27. The third kappa shape index (κ3) is 5.75. The molecule has 1 nitrogen and oxygen atoms in total. The first-order chi connectivity index (χ1) is 17.0. The second-order valence-electron chi connectivity index (χ2n) is 11.5. The maximum atomic E-state index is 11.5. The third-order valence-corrected chi connectivity index (χ3v) is 10.8. The summed E-state index contributed by atoms with van der Waals surface area (Å²) < 4.78 is 0. The van der Waals surface area contributed by atoms with E-state index in [4.69, 9.17) is 0 Å². The molecule has 4 rings (SSSR count). The molecule has 0 fully saturated rings. The van der Waals surface area contributed by atoms with Gasteiger partial charge in [-0.2, -0.15) is 0 Å². The summed E-state index contributed by atoms with van der Waals surface area (Å²) in [6, 6.07) is 32.9. The van der Waals surface area contributed by atoms with Crippen LogP contribution in [0, 0.1) is 6.92 Å². The van der Waals surface area contributed by atoms with E-state index in [1.165, 1.54) is 32.3 Å². The van der Waals surface area contributed by atoms with Gasteiger partial charge in [0.25, 0.3) is 0 Å². The van der Waals surface area contributed by atoms with Crippen molar-refractivity contribution in [2.24, 2.45) is 0 Å². The fourth-order valence-electron chi connectivity index (χ4n) is 4.45. The van der Waals surface area contributed by atoms with E-state index in [-0.39, 0.29) is 10.8 Å². The maximum Gasteiger partial charge on any atom is 0.127 e. The number of benzene rings is 4. The fourth-order valence-corrected chi connectivity index (χ4v) is 8.63. The minimum Gasteiger partial charge on any atom is -0.507 e. The van der Waals surface area contributed by atoms with Crippen molar-refractivity contribution in [3.05, 3.63) is 108 Å². The number of aryl methyl sites for hydroxylation is 1. The van der Waals surface area contributed by atoms with Gasteiger partial charge in [-0.15, -0.1) is 0 Å². The van der Waals surface area contributed by atoms with Crippen LogP contribution < -0.4 is 26.5 Å². The Morgan fingerprint density at radius 3 is 1.72 bits per heavy atom. The number of phenolic OH excluding ortho intramolecular Hbond substituents is 1. The van der Waals surface area contributed by atoms with Crippen LogP contribution in [0.3, 0.4) is 0 Å². The number of hydrogen-bond donors (Lipinski definition) is 1. The van der Waals surface area contributed by atoms with E-state index < -0.39 is 7.92 Å². The smallest absolute Gasteiger partial charge is 0.127 e. The van der Waals surface area contributed by atoms with Crippen LogP contribution in [0.1, 0.15) is 58.2 Å². The summed E-state index contributed by atoms with van der Waals surface area (Å²) in [5.41, 5.74) is 3.45. The Balaban J connectivity index is 1.92. The van der Waals surface area contributed by atoms with Crippen LogP contribution in [0.5, 0.6) is 5.75 Å². The first-order valence-corrected chi connectivity index (χ1v) is 15.0. The summed E-state index contributed by atoms with van der Waals surface area (Å²) in [5, 5.41) is 18.0. The lowest BCUT2D eigenvalue weighted by Crippen LogP contribution is -2.31.